The minimum atomic E-state index is -0.641. The molecule has 0 bridgehead atoms. The molecule has 0 radical (unpaired) electrons. The number of nitrogen functional groups attached to an aromatic ring is 1. The number of anilines is 2. The number of hydrogen-bond acceptors (Lipinski definition) is 4. The second-order valence-corrected chi connectivity index (χ2v) is 4.39. The van der Waals surface area contributed by atoms with E-state index in [9.17, 15) is 13.6 Å². The molecule has 2 rings (SSSR count). The molecule has 0 saturated heterocycles. The smallest absolute Gasteiger partial charge is 0.340 e. The fourth-order valence-corrected chi connectivity index (χ4v) is 1.81. The Hall–Kier alpha value is -2.63. The van der Waals surface area contributed by atoms with Crippen LogP contribution in [-0.2, 0) is 11.3 Å². The third-order valence-electron chi connectivity index (χ3n) is 2.94. The van der Waals surface area contributed by atoms with E-state index >= 15 is 0 Å². The highest BCUT2D eigenvalue weighted by Crippen LogP contribution is 2.23. The van der Waals surface area contributed by atoms with Gasteiger partial charge in [0.2, 0.25) is 0 Å². The van der Waals surface area contributed by atoms with Crippen LogP contribution in [0.2, 0.25) is 0 Å². The van der Waals surface area contributed by atoms with Gasteiger partial charge in [-0.2, -0.15) is 0 Å². The Morgan fingerprint density at radius 1 is 1.24 bits per heavy atom. The predicted molar refractivity (Wildman–Crippen MR) is 75.9 cm³/mol. The van der Waals surface area contributed by atoms with Gasteiger partial charge in [-0.15, -0.1) is 0 Å². The maximum atomic E-state index is 13.8. The molecule has 0 unspecified atom stereocenters. The van der Waals surface area contributed by atoms with E-state index in [0.717, 1.165) is 11.6 Å². The van der Waals surface area contributed by atoms with Crippen LogP contribution in [0.4, 0.5) is 20.2 Å². The Kier molecular flexibility index (Phi) is 4.37. The van der Waals surface area contributed by atoms with E-state index in [4.69, 9.17) is 5.73 Å². The summed E-state index contributed by atoms with van der Waals surface area (Å²) in [6.07, 6.45) is 0. The molecule has 0 aliphatic carbocycles. The van der Waals surface area contributed by atoms with Crippen molar-refractivity contribution in [1.82, 2.24) is 0 Å². The second kappa shape index (κ2) is 6.21. The molecule has 6 heteroatoms. The molecule has 0 atom stereocenters. The van der Waals surface area contributed by atoms with Crippen molar-refractivity contribution < 1.29 is 18.3 Å². The SMILES string of the molecule is COC(=O)c1cc(NCc2ccc(F)cc2)c(F)cc1N. The first-order valence-electron chi connectivity index (χ1n) is 6.17. The van der Waals surface area contributed by atoms with E-state index in [1.807, 2.05) is 0 Å². The molecule has 3 N–H and O–H groups in total. The number of ether oxygens (including phenoxy) is 1. The minimum Gasteiger partial charge on any atom is -0.465 e. The predicted octanol–water partition coefficient (Wildman–Crippen LogP) is 2.95. The zero-order valence-corrected chi connectivity index (χ0v) is 11.3. The van der Waals surface area contributed by atoms with Gasteiger partial charge in [-0.05, 0) is 29.8 Å². The molecule has 0 aromatic heterocycles. The third-order valence-corrected chi connectivity index (χ3v) is 2.94. The van der Waals surface area contributed by atoms with Gasteiger partial charge in [-0.1, -0.05) is 12.1 Å². The van der Waals surface area contributed by atoms with Crippen molar-refractivity contribution in [2.45, 2.75) is 6.54 Å². The molecule has 0 fully saturated rings. The summed E-state index contributed by atoms with van der Waals surface area (Å²) in [4.78, 5) is 11.5. The average Bonchev–Trinajstić information content (AvgIpc) is 2.47. The van der Waals surface area contributed by atoms with Gasteiger partial charge in [-0.25, -0.2) is 13.6 Å². The van der Waals surface area contributed by atoms with Gasteiger partial charge in [-0.3, -0.25) is 0 Å². The highest BCUT2D eigenvalue weighted by molar-refractivity contribution is 5.96. The van der Waals surface area contributed by atoms with E-state index < -0.39 is 11.8 Å². The molecule has 0 spiro atoms. The Morgan fingerprint density at radius 2 is 1.90 bits per heavy atom. The zero-order chi connectivity index (χ0) is 15.4. The molecule has 0 heterocycles. The fraction of sp³-hybridized carbons (Fsp3) is 0.133. The monoisotopic (exact) mass is 292 g/mol. The Labute approximate surface area is 120 Å². The van der Waals surface area contributed by atoms with Crippen LogP contribution >= 0.6 is 0 Å². The Morgan fingerprint density at radius 3 is 2.52 bits per heavy atom. The van der Waals surface area contributed by atoms with Crippen molar-refractivity contribution >= 4 is 17.3 Å². The van der Waals surface area contributed by atoms with Crippen molar-refractivity contribution in [3.05, 3.63) is 59.2 Å². The highest BCUT2D eigenvalue weighted by atomic mass is 19.1. The molecular weight excluding hydrogens is 278 g/mol. The van der Waals surface area contributed by atoms with Gasteiger partial charge in [0.1, 0.15) is 11.6 Å². The number of carbonyl (C=O) groups excluding carboxylic acids is 1. The first kappa shape index (κ1) is 14.8. The van der Waals surface area contributed by atoms with E-state index in [1.165, 1.54) is 25.3 Å². The quantitative estimate of drug-likeness (QED) is 0.671. The molecule has 0 amide bonds. The number of methoxy groups -OCH3 is 1. The van der Waals surface area contributed by atoms with Crippen molar-refractivity contribution in [2.24, 2.45) is 0 Å². The number of benzene rings is 2. The van der Waals surface area contributed by atoms with Crippen LogP contribution in [-0.4, -0.2) is 13.1 Å². The fourth-order valence-electron chi connectivity index (χ4n) is 1.81. The topological polar surface area (TPSA) is 64.3 Å². The van der Waals surface area contributed by atoms with Crippen LogP contribution in [0.1, 0.15) is 15.9 Å². The molecule has 0 saturated carbocycles. The second-order valence-electron chi connectivity index (χ2n) is 4.39. The van der Waals surface area contributed by atoms with Gasteiger partial charge < -0.3 is 15.8 Å². The van der Waals surface area contributed by atoms with Crippen LogP contribution < -0.4 is 11.1 Å². The molecule has 0 aliphatic rings. The molecule has 2 aromatic carbocycles. The standard InChI is InChI=1S/C15H14F2N2O2/c1-21-15(20)11-6-14(12(17)7-13(11)18)19-8-9-2-4-10(16)5-3-9/h2-7,19H,8,18H2,1H3. The summed E-state index contributed by atoms with van der Waals surface area (Å²) in [6, 6.07) is 8.14. The normalized spacial score (nSPS) is 10.2. The first-order chi connectivity index (χ1) is 10.0. The lowest BCUT2D eigenvalue weighted by Crippen LogP contribution is -2.09. The molecule has 4 nitrogen and oxygen atoms in total. The summed E-state index contributed by atoms with van der Waals surface area (Å²) in [5.74, 6) is -1.56. The number of nitrogens with one attached hydrogen (secondary N) is 1. The summed E-state index contributed by atoms with van der Waals surface area (Å²) in [6.45, 7) is 0.279. The lowest BCUT2D eigenvalue weighted by molar-refractivity contribution is 0.0602. The van der Waals surface area contributed by atoms with Crippen molar-refractivity contribution in [2.75, 3.05) is 18.2 Å². The summed E-state index contributed by atoms with van der Waals surface area (Å²) in [5.41, 5.74) is 6.56. The summed E-state index contributed by atoms with van der Waals surface area (Å²) < 4.78 is 31.2. The molecule has 110 valence electrons. The van der Waals surface area contributed by atoms with Crippen LogP contribution in [0.5, 0.6) is 0 Å². The number of carbonyl (C=O) groups is 1. The molecule has 2 aromatic rings. The highest BCUT2D eigenvalue weighted by Gasteiger charge is 2.14. The Bertz CT molecular complexity index is 657. The van der Waals surface area contributed by atoms with Gasteiger partial charge in [0.25, 0.3) is 0 Å². The number of nitrogens with two attached hydrogens (primary N) is 1. The lowest BCUT2D eigenvalue weighted by atomic mass is 10.1. The van der Waals surface area contributed by atoms with Crippen molar-refractivity contribution in [3.8, 4) is 0 Å². The third kappa shape index (κ3) is 3.47. The van der Waals surface area contributed by atoms with E-state index in [0.29, 0.717) is 0 Å². The maximum Gasteiger partial charge on any atom is 0.340 e. The zero-order valence-electron chi connectivity index (χ0n) is 11.3. The van der Waals surface area contributed by atoms with Crippen LogP contribution in [0.3, 0.4) is 0 Å². The summed E-state index contributed by atoms with van der Waals surface area (Å²) >= 11 is 0. The number of halogens is 2. The van der Waals surface area contributed by atoms with E-state index in [1.54, 1.807) is 12.1 Å². The van der Waals surface area contributed by atoms with Crippen LogP contribution in [0, 0.1) is 11.6 Å². The number of rotatable bonds is 4. The van der Waals surface area contributed by atoms with Gasteiger partial charge in [0.15, 0.2) is 0 Å². The van der Waals surface area contributed by atoms with Gasteiger partial charge in [0.05, 0.1) is 18.4 Å². The maximum absolute atomic E-state index is 13.8. The van der Waals surface area contributed by atoms with Crippen LogP contribution in [0.25, 0.3) is 0 Å². The molecule has 0 aliphatic heterocycles. The summed E-state index contributed by atoms with van der Waals surface area (Å²) in [5, 5.41) is 2.83. The molecule has 21 heavy (non-hydrogen) atoms. The van der Waals surface area contributed by atoms with Crippen molar-refractivity contribution in [1.29, 1.82) is 0 Å². The Balaban J connectivity index is 2.19. The molecular formula is C15H14F2N2O2. The van der Waals surface area contributed by atoms with E-state index in [-0.39, 0.29) is 29.3 Å². The largest absolute Gasteiger partial charge is 0.465 e. The van der Waals surface area contributed by atoms with E-state index in [2.05, 4.69) is 10.1 Å². The number of hydrogen-bond donors (Lipinski definition) is 2. The number of esters is 1. The van der Waals surface area contributed by atoms with Crippen molar-refractivity contribution in [3.63, 3.8) is 0 Å². The summed E-state index contributed by atoms with van der Waals surface area (Å²) in [7, 11) is 1.22. The lowest BCUT2D eigenvalue weighted by Gasteiger charge is -2.11. The average molecular weight is 292 g/mol. The minimum absolute atomic E-state index is 0.00619. The van der Waals surface area contributed by atoms with Gasteiger partial charge in [0, 0.05) is 12.2 Å². The first-order valence-corrected chi connectivity index (χ1v) is 6.17. The van der Waals surface area contributed by atoms with Gasteiger partial charge >= 0.3 is 5.97 Å². The van der Waals surface area contributed by atoms with Crippen LogP contribution in [0.15, 0.2) is 36.4 Å².